The highest BCUT2D eigenvalue weighted by molar-refractivity contribution is 5.80. The summed E-state index contributed by atoms with van der Waals surface area (Å²) >= 11 is 0. The Kier molecular flexibility index (Phi) is 4.22. The van der Waals surface area contributed by atoms with Crippen LogP contribution in [0.1, 0.15) is 45.4 Å². The van der Waals surface area contributed by atoms with Crippen molar-refractivity contribution in [2.45, 2.75) is 51.6 Å². The van der Waals surface area contributed by atoms with Crippen molar-refractivity contribution in [1.29, 1.82) is 0 Å². The van der Waals surface area contributed by atoms with Gasteiger partial charge in [0.05, 0.1) is 12.7 Å². The molecule has 0 heterocycles. The highest BCUT2D eigenvalue weighted by Gasteiger charge is 2.29. The summed E-state index contributed by atoms with van der Waals surface area (Å²) in [7, 11) is 0. The first-order valence-electron chi connectivity index (χ1n) is 6.66. The van der Waals surface area contributed by atoms with Gasteiger partial charge in [0.1, 0.15) is 0 Å². The van der Waals surface area contributed by atoms with Crippen LogP contribution in [-0.4, -0.2) is 25.2 Å². The minimum absolute atomic E-state index is 0.222. The van der Waals surface area contributed by atoms with Crippen molar-refractivity contribution < 1.29 is 9.53 Å². The zero-order valence-corrected chi connectivity index (χ0v) is 10.2. The van der Waals surface area contributed by atoms with Crippen molar-refractivity contribution in [1.82, 2.24) is 5.32 Å². The molecule has 0 saturated heterocycles. The number of nitrogens with one attached hydrogen (secondary N) is 1. The fraction of sp³-hybridized carbons (Fsp3) is 0.923. The monoisotopic (exact) mass is 225 g/mol. The Balaban J connectivity index is 1.54. The molecule has 0 aromatic carbocycles. The summed E-state index contributed by atoms with van der Waals surface area (Å²) in [5, 5.41) is 2.94. The van der Waals surface area contributed by atoms with Crippen molar-refractivity contribution >= 4 is 5.91 Å². The van der Waals surface area contributed by atoms with Gasteiger partial charge in [0.2, 0.25) is 5.91 Å². The Morgan fingerprint density at radius 3 is 2.69 bits per heavy atom. The molecule has 2 fully saturated rings. The second kappa shape index (κ2) is 5.67. The molecular weight excluding hydrogens is 202 g/mol. The van der Waals surface area contributed by atoms with Crippen LogP contribution in [0.4, 0.5) is 0 Å². The van der Waals surface area contributed by atoms with E-state index < -0.39 is 0 Å². The Morgan fingerprint density at radius 2 is 2.00 bits per heavy atom. The van der Waals surface area contributed by atoms with Gasteiger partial charge in [-0.05, 0) is 31.6 Å². The Labute approximate surface area is 97.9 Å². The van der Waals surface area contributed by atoms with Crippen LogP contribution in [-0.2, 0) is 9.53 Å². The quantitative estimate of drug-likeness (QED) is 0.728. The van der Waals surface area contributed by atoms with Crippen LogP contribution >= 0.6 is 0 Å². The van der Waals surface area contributed by atoms with Crippen molar-refractivity contribution in [2.75, 3.05) is 13.2 Å². The van der Waals surface area contributed by atoms with Crippen LogP contribution in [0.25, 0.3) is 0 Å². The summed E-state index contributed by atoms with van der Waals surface area (Å²) in [6, 6.07) is 0. The summed E-state index contributed by atoms with van der Waals surface area (Å²) in [4.78, 5) is 11.4. The van der Waals surface area contributed by atoms with Gasteiger partial charge in [-0.25, -0.2) is 0 Å². The third-order valence-electron chi connectivity index (χ3n) is 3.71. The van der Waals surface area contributed by atoms with Crippen molar-refractivity contribution in [3.8, 4) is 0 Å². The van der Waals surface area contributed by atoms with Gasteiger partial charge in [0, 0.05) is 12.5 Å². The number of amides is 1. The van der Waals surface area contributed by atoms with Crippen LogP contribution in [0, 0.1) is 11.8 Å². The Morgan fingerprint density at radius 1 is 1.25 bits per heavy atom. The van der Waals surface area contributed by atoms with E-state index in [4.69, 9.17) is 4.74 Å². The first kappa shape index (κ1) is 11.9. The van der Waals surface area contributed by atoms with Crippen LogP contribution in [0.5, 0.6) is 0 Å². The molecule has 0 radical (unpaired) electrons. The fourth-order valence-corrected chi connectivity index (χ4v) is 2.40. The number of hydrogen-bond acceptors (Lipinski definition) is 2. The number of carbonyl (C=O) groups is 1. The Bertz CT molecular complexity index is 238. The van der Waals surface area contributed by atoms with Gasteiger partial charge >= 0.3 is 0 Å². The average Bonchev–Trinajstić information content (AvgIpc) is 3.10. The van der Waals surface area contributed by atoms with Crippen molar-refractivity contribution in [3.63, 3.8) is 0 Å². The van der Waals surface area contributed by atoms with Crippen LogP contribution in [0.15, 0.2) is 0 Å². The van der Waals surface area contributed by atoms with Crippen LogP contribution < -0.4 is 5.32 Å². The molecule has 92 valence electrons. The molecule has 1 amide bonds. The maximum Gasteiger partial charge on any atom is 0.223 e. The SMILES string of the molecule is C[C@H]1CCCC[C@H]1OCCNC(=O)C1CC1. The van der Waals surface area contributed by atoms with E-state index in [0.717, 1.165) is 12.8 Å². The van der Waals surface area contributed by atoms with Gasteiger partial charge in [-0.3, -0.25) is 4.79 Å². The summed E-state index contributed by atoms with van der Waals surface area (Å²) < 4.78 is 5.83. The number of hydrogen-bond donors (Lipinski definition) is 1. The van der Waals surface area contributed by atoms with Gasteiger partial charge in [-0.2, -0.15) is 0 Å². The average molecular weight is 225 g/mol. The van der Waals surface area contributed by atoms with Crippen LogP contribution in [0.2, 0.25) is 0 Å². The first-order chi connectivity index (χ1) is 7.77. The molecule has 1 N–H and O–H groups in total. The van der Waals surface area contributed by atoms with E-state index >= 15 is 0 Å². The van der Waals surface area contributed by atoms with Gasteiger partial charge in [0.25, 0.3) is 0 Å². The lowest BCUT2D eigenvalue weighted by molar-refractivity contribution is -0.122. The lowest BCUT2D eigenvalue weighted by atomic mass is 9.88. The zero-order chi connectivity index (χ0) is 11.4. The molecule has 0 bridgehead atoms. The molecule has 2 aliphatic carbocycles. The van der Waals surface area contributed by atoms with E-state index in [-0.39, 0.29) is 5.91 Å². The second-order valence-electron chi connectivity index (χ2n) is 5.24. The van der Waals surface area contributed by atoms with Gasteiger partial charge < -0.3 is 10.1 Å². The normalized spacial score (nSPS) is 30.1. The molecule has 0 unspecified atom stereocenters. The van der Waals surface area contributed by atoms with Crippen LogP contribution in [0.3, 0.4) is 0 Å². The van der Waals surface area contributed by atoms with Crippen molar-refractivity contribution in [3.05, 3.63) is 0 Å². The maximum absolute atomic E-state index is 11.4. The Hall–Kier alpha value is -0.570. The summed E-state index contributed by atoms with van der Waals surface area (Å²) in [5.41, 5.74) is 0. The summed E-state index contributed by atoms with van der Waals surface area (Å²) in [6.45, 7) is 3.62. The molecular formula is C13H23NO2. The highest BCUT2D eigenvalue weighted by atomic mass is 16.5. The lowest BCUT2D eigenvalue weighted by Gasteiger charge is -2.28. The molecule has 0 aliphatic heterocycles. The number of ether oxygens (including phenoxy) is 1. The molecule has 2 atom stereocenters. The molecule has 3 nitrogen and oxygen atoms in total. The molecule has 0 aromatic rings. The second-order valence-corrected chi connectivity index (χ2v) is 5.24. The van der Waals surface area contributed by atoms with Crippen molar-refractivity contribution in [2.24, 2.45) is 11.8 Å². The van der Waals surface area contributed by atoms with E-state index in [0.29, 0.717) is 31.1 Å². The fourth-order valence-electron chi connectivity index (χ4n) is 2.40. The predicted molar refractivity (Wildman–Crippen MR) is 63.1 cm³/mol. The number of rotatable bonds is 5. The minimum Gasteiger partial charge on any atom is -0.376 e. The third kappa shape index (κ3) is 3.48. The molecule has 0 aromatic heterocycles. The molecule has 2 aliphatic rings. The van der Waals surface area contributed by atoms with Gasteiger partial charge in [-0.15, -0.1) is 0 Å². The topological polar surface area (TPSA) is 38.3 Å². The third-order valence-corrected chi connectivity index (χ3v) is 3.71. The van der Waals surface area contributed by atoms with Gasteiger partial charge in [-0.1, -0.05) is 19.8 Å². The predicted octanol–water partition coefficient (Wildman–Crippen LogP) is 2.11. The zero-order valence-electron chi connectivity index (χ0n) is 10.2. The summed E-state index contributed by atoms with van der Waals surface area (Å²) in [5.74, 6) is 1.22. The smallest absolute Gasteiger partial charge is 0.223 e. The van der Waals surface area contributed by atoms with E-state index in [1.54, 1.807) is 0 Å². The largest absolute Gasteiger partial charge is 0.376 e. The summed E-state index contributed by atoms with van der Waals surface area (Å²) in [6.07, 6.45) is 7.70. The standard InChI is InChI=1S/C13H23NO2/c1-10-4-2-3-5-12(10)16-9-8-14-13(15)11-6-7-11/h10-12H,2-9H2,1H3,(H,14,15)/t10-,12+/m0/s1. The van der Waals surface area contributed by atoms with E-state index in [2.05, 4.69) is 12.2 Å². The molecule has 2 saturated carbocycles. The molecule has 16 heavy (non-hydrogen) atoms. The molecule has 3 heteroatoms. The molecule has 2 rings (SSSR count). The van der Waals surface area contributed by atoms with E-state index in [1.165, 1.54) is 25.7 Å². The maximum atomic E-state index is 11.4. The van der Waals surface area contributed by atoms with Gasteiger partial charge in [0.15, 0.2) is 0 Å². The van der Waals surface area contributed by atoms with E-state index in [1.807, 2.05) is 0 Å². The lowest BCUT2D eigenvalue weighted by Crippen LogP contribution is -2.32. The molecule has 0 spiro atoms. The van der Waals surface area contributed by atoms with E-state index in [9.17, 15) is 4.79 Å². The highest BCUT2D eigenvalue weighted by Crippen LogP contribution is 2.28. The first-order valence-corrected chi connectivity index (χ1v) is 6.66. The number of carbonyl (C=O) groups excluding carboxylic acids is 1. The minimum atomic E-state index is 0.222.